The number of hydrogen-bond acceptors (Lipinski definition) is 4. The van der Waals surface area contributed by atoms with Crippen molar-refractivity contribution in [3.05, 3.63) is 71.9 Å². The summed E-state index contributed by atoms with van der Waals surface area (Å²) >= 11 is 0. The predicted octanol–water partition coefficient (Wildman–Crippen LogP) is 3.74. The molecule has 0 spiro atoms. The van der Waals surface area contributed by atoms with E-state index >= 15 is 0 Å². The first-order valence-corrected chi connectivity index (χ1v) is 9.13. The molecule has 0 unspecified atom stereocenters. The molecule has 0 amide bonds. The zero-order chi connectivity index (χ0) is 19.1. The van der Waals surface area contributed by atoms with Crippen molar-refractivity contribution in [1.29, 1.82) is 0 Å². The summed E-state index contributed by atoms with van der Waals surface area (Å²) in [4.78, 5) is 2.25. The number of aryl methyl sites for hydroxylation is 1. The topological polar surface area (TPSA) is 39.5 Å². The van der Waals surface area contributed by atoms with Gasteiger partial charge in [0.05, 0.1) is 26.0 Å². The van der Waals surface area contributed by atoms with Gasteiger partial charge in [-0.15, -0.1) is 0 Å². The van der Waals surface area contributed by atoms with Crippen LogP contribution in [0, 0.1) is 0 Å². The van der Waals surface area contributed by atoms with E-state index in [0.717, 1.165) is 24.5 Å². The van der Waals surface area contributed by atoms with Gasteiger partial charge in [-0.1, -0.05) is 36.4 Å². The second-order valence-corrected chi connectivity index (χ2v) is 6.64. The number of hydrogen-bond donors (Lipinski definition) is 0. The molecular weight excluding hydrogens is 338 g/mol. The SMILES string of the molecule is COc1cccc(CN(C)CCOCc2ccccc2-c2ccnn2C)c1. The van der Waals surface area contributed by atoms with Crippen LogP contribution in [0.2, 0.25) is 0 Å². The number of aromatic nitrogens is 2. The molecule has 0 saturated carbocycles. The van der Waals surface area contributed by atoms with Crippen molar-refractivity contribution >= 4 is 0 Å². The van der Waals surface area contributed by atoms with Crippen LogP contribution in [0.25, 0.3) is 11.3 Å². The number of likely N-dealkylation sites (N-methyl/N-ethyl adjacent to an activating group) is 1. The number of nitrogens with zero attached hydrogens (tertiary/aromatic N) is 3. The van der Waals surface area contributed by atoms with E-state index in [-0.39, 0.29) is 0 Å². The third-order valence-electron chi connectivity index (χ3n) is 4.58. The molecule has 0 atom stereocenters. The largest absolute Gasteiger partial charge is 0.497 e. The van der Waals surface area contributed by atoms with Crippen LogP contribution in [0.5, 0.6) is 5.75 Å². The first-order chi connectivity index (χ1) is 13.2. The minimum Gasteiger partial charge on any atom is -0.497 e. The molecule has 0 aliphatic heterocycles. The van der Waals surface area contributed by atoms with Crippen LogP contribution in [0.1, 0.15) is 11.1 Å². The summed E-state index contributed by atoms with van der Waals surface area (Å²) in [6.45, 7) is 3.01. The Morgan fingerprint density at radius 3 is 2.70 bits per heavy atom. The third-order valence-corrected chi connectivity index (χ3v) is 4.58. The lowest BCUT2D eigenvalue weighted by molar-refractivity contribution is 0.0982. The summed E-state index contributed by atoms with van der Waals surface area (Å²) in [6.07, 6.45) is 1.82. The molecule has 1 heterocycles. The molecule has 0 bridgehead atoms. The smallest absolute Gasteiger partial charge is 0.119 e. The Bertz CT molecular complexity index is 860. The standard InChI is InChI=1S/C22H27N3O2/c1-24(16-18-7-6-9-20(15-18)26-3)13-14-27-17-19-8-4-5-10-21(19)22-11-12-23-25(22)2/h4-12,15H,13-14,16-17H2,1-3H3. The monoisotopic (exact) mass is 365 g/mol. The Kier molecular flexibility index (Phi) is 6.63. The highest BCUT2D eigenvalue weighted by Crippen LogP contribution is 2.23. The summed E-state index contributed by atoms with van der Waals surface area (Å²) in [7, 11) is 5.76. The van der Waals surface area contributed by atoms with Crippen LogP contribution in [0.4, 0.5) is 0 Å². The van der Waals surface area contributed by atoms with Crippen LogP contribution < -0.4 is 4.74 Å². The molecule has 3 rings (SSSR count). The lowest BCUT2D eigenvalue weighted by Gasteiger charge is -2.17. The number of methoxy groups -OCH3 is 1. The Labute approximate surface area is 161 Å². The van der Waals surface area contributed by atoms with E-state index in [1.165, 1.54) is 16.7 Å². The van der Waals surface area contributed by atoms with Gasteiger partial charge in [-0.2, -0.15) is 5.10 Å². The minimum absolute atomic E-state index is 0.592. The summed E-state index contributed by atoms with van der Waals surface area (Å²) in [5.74, 6) is 0.893. The first-order valence-electron chi connectivity index (χ1n) is 9.13. The molecule has 2 aromatic carbocycles. The van der Waals surface area contributed by atoms with Gasteiger partial charge in [-0.3, -0.25) is 9.58 Å². The van der Waals surface area contributed by atoms with Gasteiger partial charge in [0, 0.05) is 31.9 Å². The quantitative estimate of drug-likeness (QED) is 0.542. The fourth-order valence-electron chi connectivity index (χ4n) is 3.10. The maximum atomic E-state index is 5.96. The molecule has 5 heteroatoms. The molecule has 0 radical (unpaired) electrons. The lowest BCUT2D eigenvalue weighted by Crippen LogP contribution is -2.22. The summed E-state index contributed by atoms with van der Waals surface area (Å²) in [6, 6.07) is 18.5. The zero-order valence-corrected chi connectivity index (χ0v) is 16.3. The van der Waals surface area contributed by atoms with Crippen LogP contribution >= 0.6 is 0 Å². The van der Waals surface area contributed by atoms with E-state index < -0.39 is 0 Å². The van der Waals surface area contributed by atoms with E-state index in [1.807, 2.05) is 48.3 Å². The van der Waals surface area contributed by atoms with Gasteiger partial charge in [-0.05, 0) is 36.4 Å². The van der Waals surface area contributed by atoms with Crippen LogP contribution in [0.15, 0.2) is 60.8 Å². The van der Waals surface area contributed by atoms with Gasteiger partial charge in [0.25, 0.3) is 0 Å². The highest BCUT2D eigenvalue weighted by molar-refractivity contribution is 5.63. The molecule has 0 N–H and O–H groups in total. The van der Waals surface area contributed by atoms with Crippen LogP contribution in [0.3, 0.4) is 0 Å². The maximum absolute atomic E-state index is 5.96. The molecule has 1 aromatic heterocycles. The Balaban J connectivity index is 1.50. The van der Waals surface area contributed by atoms with Crippen molar-refractivity contribution in [2.75, 3.05) is 27.3 Å². The fraction of sp³-hybridized carbons (Fsp3) is 0.318. The highest BCUT2D eigenvalue weighted by Gasteiger charge is 2.08. The van der Waals surface area contributed by atoms with Crippen molar-refractivity contribution < 1.29 is 9.47 Å². The van der Waals surface area contributed by atoms with Gasteiger partial charge < -0.3 is 9.47 Å². The average molecular weight is 365 g/mol. The number of rotatable bonds is 9. The molecule has 0 saturated heterocycles. The molecule has 3 aromatic rings. The normalized spacial score (nSPS) is 11.1. The van der Waals surface area contributed by atoms with Crippen molar-refractivity contribution in [2.24, 2.45) is 7.05 Å². The Hall–Kier alpha value is -2.63. The first kappa shape index (κ1) is 19.1. The van der Waals surface area contributed by atoms with Gasteiger partial charge in [-0.25, -0.2) is 0 Å². The van der Waals surface area contributed by atoms with E-state index in [9.17, 15) is 0 Å². The summed E-state index contributed by atoms with van der Waals surface area (Å²) in [5, 5.41) is 4.27. The lowest BCUT2D eigenvalue weighted by atomic mass is 10.1. The van der Waals surface area contributed by atoms with Crippen molar-refractivity contribution in [3.63, 3.8) is 0 Å². The molecule has 0 aliphatic rings. The average Bonchev–Trinajstić information content (AvgIpc) is 3.11. The summed E-state index contributed by atoms with van der Waals surface area (Å²) < 4.78 is 13.1. The van der Waals surface area contributed by atoms with E-state index in [2.05, 4.69) is 41.3 Å². The van der Waals surface area contributed by atoms with E-state index in [1.54, 1.807) is 7.11 Å². The van der Waals surface area contributed by atoms with Crippen molar-refractivity contribution in [3.8, 4) is 17.0 Å². The summed E-state index contributed by atoms with van der Waals surface area (Å²) in [5.41, 5.74) is 4.68. The third kappa shape index (κ3) is 5.18. The Morgan fingerprint density at radius 1 is 1.07 bits per heavy atom. The molecule has 0 fully saturated rings. The molecule has 27 heavy (non-hydrogen) atoms. The predicted molar refractivity (Wildman–Crippen MR) is 108 cm³/mol. The number of benzene rings is 2. The zero-order valence-electron chi connectivity index (χ0n) is 16.3. The molecule has 0 aliphatic carbocycles. The second-order valence-electron chi connectivity index (χ2n) is 6.64. The number of ether oxygens (including phenoxy) is 2. The maximum Gasteiger partial charge on any atom is 0.119 e. The van der Waals surface area contributed by atoms with Crippen molar-refractivity contribution in [1.82, 2.24) is 14.7 Å². The van der Waals surface area contributed by atoms with Crippen LogP contribution in [-0.4, -0.2) is 42.0 Å². The fourth-order valence-corrected chi connectivity index (χ4v) is 3.10. The van der Waals surface area contributed by atoms with Crippen molar-refractivity contribution in [2.45, 2.75) is 13.2 Å². The van der Waals surface area contributed by atoms with Gasteiger partial charge in [0.2, 0.25) is 0 Å². The molecule has 5 nitrogen and oxygen atoms in total. The molecular formula is C22H27N3O2. The molecule has 142 valence electrons. The van der Waals surface area contributed by atoms with Crippen LogP contribution in [-0.2, 0) is 24.9 Å². The van der Waals surface area contributed by atoms with Gasteiger partial charge in [0.15, 0.2) is 0 Å². The van der Waals surface area contributed by atoms with E-state index in [0.29, 0.717) is 13.2 Å². The minimum atomic E-state index is 0.592. The van der Waals surface area contributed by atoms with Gasteiger partial charge >= 0.3 is 0 Å². The van der Waals surface area contributed by atoms with Gasteiger partial charge in [0.1, 0.15) is 5.75 Å². The second kappa shape index (κ2) is 9.35. The Morgan fingerprint density at radius 2 is 1.93 bits per heavy atom. The highest BCUT2D eigenvalue weighted by atomic mass is 16.5. The van der Waals surface area contributed by atoms with E-state index in [4.69, 9.17) is 9.47 Å².